The summed E-state index contributed by atoms with van der Waals surface area (Å²) < 4.78 is 1.83. The first-order valence-corrected chi connectivity index (χ1v) is 8.46. The van der Waals surface area contributed by atoms with Crippen molar-refractivity contribution in [3.8, 4) is 0 Å². The molecule has 1 N–H and O–H groups in total. The molecule has 1 saturated heterocycles. The molecule has 0 aliphatic carbocycles. The van der Waals surface area contributed by atoms with Gasteiger partial charge in [-0.25, -0.2) is 0 Å². The fourth-order valence-electron chi connectivity index (χ4n) is 3.22. The maximum Gasteiger partial charge on any atom is 0.220 e. The Labute approximate surface area is 134 Å². The lowest BCUT2D eigenvalue weighted by Crippen LogP contribution is -2.51. The Morgan fingerprint density at radius 1 is 1.27 bits per heavy atom. The molecule has 0 atom stereocenters. The number of hydrogen-bond donors (Lipinski definition) is 1. The van der Waals surface area contributed by atoms with Gasteiger partial charge < -0.3 is 10.2 Å². The van der Waals surface area contributed by atoms with Crippen LogP contribution in [0.15, 0.2) is 12.3 Å². The van der Waals surface area contributed by atoms with Crippen molar-refractivity contribution in [2.24, 2.45) is 7.05 Å². The molecule has 0 radical (unpaired) electrons. The molecule has 0 unspecified atom stereocenters. The van der Waals surface area contributed by atoms with Crippen LogP contribution in [0.1, 0.15) is 51.6 Å². The molecule has 1 aliphatic rings. The van der Waals surface area contributed by atoms with Crippen LogP contribution in [0.2, 0.25) is 0 Å². The Hall–Kier alpha value is -1.36. The second-order valence-electron chi connectivity index (χ2n) is 7.07. The van der Waals surface area contributed by atoms with Gasteiger partial charge in [-0.3, -0.25) is 9.48 Å². The Kier molecular flexibility index (Phi) is 6.00. The molecule has 5 nitrogen and oxygen atoms in total. The third-order valence-corrected chi connectivity index (χ3v) is 4.33. The van der Waals surface area contributed by atoms with Gasteiger partial charge in [0.15, 0.2) is 0 Å². The number of aromatic nitrogens is 2. The van der Waals surface area contributed by atoms with Gasteiger partial charge in [0.1, 0.15) is 0 Å². The Morgan fingerprint density at radius 3 is 2.55 bits per heavy atom. The number of rotatable bonds is 6. The van der Waals surface area contributed by atoms with Gasteiger partial charge >= 0.3 is 0 Å². The van der Waals surface area contributed by atoms with Crippen LogP contribution in [-0.4, -0.2) is 45.8 Å². The zero-order chi connectivity index (χ0) is 16.0. The van der Waals surface area contributed by atoms with Crippen molar-refractivity contribution in [1.82, 2.24) is 20.0 Å². The molecule has 0 aromatic carbocycles. The minimum absolute atomic E-state index is 0.126. The van der Waals surface area contributed by atoms with E-state index in [4.69, 9.17) is 0 Å². The van der Waals surface area contributed by atoms with E-state index in [2.05, 4.69) is 29.2 Å². The van der Waals surface area contributed by atoms with E-state index in [1.165, 1.54) is 25.7 Å². The van der Waals surface area contributed by atoms with Crippen molar-refractivity contribution in [2.45, 2.75) is 57.9 Å². The average molecular weight is 306 g/mol. The summed E-state index contributed by atoms with van der Waals surface area (Å²) in [5.41, 5.74) is 0.925. The quantitative estimate of drug-likeness (QED) is 0.876. The lowest BCUT2D eigenvalue weighted by molar-refractivity contribution is -0.122. The zero-order valence-corrected chi connectivity index (χ0v) is 14.3. The summed E-state index contributed by atoms with van der Waals surface area (Å²) in [4.78, 5) is 14.7. The van der Waals surface area contributed by atoms with Gasteiger partial charge in [-0.05, 0) is 52.3 Å². The van der Waals surface area contributed by atoms with Crippen molar-refractivity contribution in [3.05, 3.63) is 18.0 Å². The van der Waals surface area contributed by atoms with Crippen LogP contribution in [0.3, 0.4) is 0 Å². The molecule has 1 aromatic rings. The van der Waals surface area contributed by atoms with E-state index < -0.39 is 0 Å². The van der Waals surface area contributed by atoms with Gasteiger partial charge in [0, 0.05) is 37.4 Å². The highest BCUT2D eigenvalue weighted by molar-refractivity contribution is 5.76. The largest absolute Gasteiger partial charge is 0.350 e. The Bertz CT molecular complexity index is 473. The second-order valence-corrected chi connectivity index (χ2v) is 7.07. The lowest BCUT2D eigenvalue weighted by atomic mass is 10.0. The number of aryl methyl sites for hydroxylation is 2. The summed E-state index contributed by atoms with van der Waals surface area (Å²) in [6.45, 7) is 7.51. The minimum atomic E-state index is -0.173. The van der Waals surface area contributed by atoms with Gasteiger partial charge in [-0.15, -0.1) is 0 Å². The fraction of sp³-hybridized carbons (Fsp3) is 0.765. The summed E-state index contributed by atoms with van der Waals surface area (Å²) in [5, 5.41) is 7.33. The smallest absolute Gasteiger partial charge is 0.220 e. The molecule has 0 bridgehead atoms. The van der Waals surface area contributed by atoms with E-state index in [1.807, 2.05) is 17.8 Å². The maximum atomic E-state index is 12.2. The van der Waals surface area contributed by atoms with Crippen molar-refractivity contribution in [3.63, 3.8) is 0 Å². The molecule has 1 fully saturated rings. The monoisotopic (exact) mass is 306 g/mol. The first-order valence-electron chi connectivity index (χ1n) is 8.46. The van der Waals surface area contributed by atoms with Gasteiger partial charge in [0.2, 0.25) is 5.91 Å². The third kappa shape index (κ3) is 5.44. The second kappa shape index (κ2) is 7.77. The van der Waals surface area contributed by atoms with Crippen molar-refractivity contribution in [1.29, 1.82) is 0 Å². The predicted molar refractivity (Wildman–Crippen MR) is 88.7 cm³/mol. The highest BCUT2D eigenvalue weighted by atomic mass is 16.1. The maximum absolute atomic E-state index is 12.2. The molecule has 2 heterocycles. The Balaban J connectivity index is 1.77. The number of nitrogens with zero attached hydrogens (tertiary/aromatic N) is 3. The van der Waals surface area contributed by atoms with E-state index in [0.717, 1.165) is 31.7 Å². The molecule has 1 aliphatic heterocycles. The molecular weight excluding hydrogens is 276 g/mol. The van der Waals surface area contributed by atoms with E-state index >= 15 is 0 Å². The van der Waals surface area contributed by atoms with Crippen molar-refractivity contribution < 1.29 is 4.79 Å². The topological polar surface area (TPSA) is 50.2 Å². The first kappa shape index (κ1) is 17.0. The van der Waals surface area contributed by atoms with Crippen LogP contribution in [0, 0.1) is 0 Å². The van der Waals surface area contributed by atoms with Crippen molar-refractivity contribution >= 4 is 5.91 Å². The van der Waals surface area contributed by atoms with E-state index in [0.29, 0.717) is 6.42 Å². The van der Waals surface area contributed by atoms with Crippen LogP contribution >= 0.6 is 0 Å². The van der Waals surface area contributed by atoms with E-state index in [-0.39, 0.29) is 11.4 Å². The predicted octanol–water partition coefficient (Wildman–Crippen LogP) is 2.12. The Morgan fingerprint density at radius 2 is 1.95 bits per heavy atom. The van der Waals surface area contributed by atoms with Gasteiger partial charge in [-0.2, -0.15) is 5.10 Å². The van der Waals surface area contributed by atoms with E-state index in [1.54, 1.807) is 6.20 Å². The van der Waals surface area contributed by atoms with Crippen LogP contribution in [0.25, 0.3) is 0 Å². The minimum Gasteiger partial charge on any atom is -0.350 e. The highest BCUT2D eigenvalue weighted by Gasteiger charge is 2.24. The molecule has 124 valence electrons. The summed E-state index contributed by atoms with van der Waals surface area (Å²) in [6, 6.07) is 1.97. The third-order valence-electron chi connectivity index (χ3n) is 4.33. The number of carbonyl (C=O) groups excluding carboxylic acids is 1. The van der Waals surface area contributed by atoms with Gasteiger partial charge in [-0.1, -0.05) is 12.8 Å². The van der Waals surface area contributed by atoms with E-state index in [9.17, 15) is 4.79 Å². The molecule has 0 saturated carbocycles. The highest BCUT2D eigenvalue weighted by Crippen LogP contribution is 2.14. The zero-order valence-electron chi connectivity index (χ0n) is 14.3. The lowest BCUT2D eigenvalue weighted by Gasteiger charge is -2.33. The first-order chi connectivity index (χ1) is 10.5. The molecule has 5 heteroatoms. The SMILES string of the molecule is Cn1nccc1CCC(=O)NC(C)(C)CN1CCCCCC1. The molecule has 0 spiro atoms. The van der Waals surface area contributed by atoms with Gasteiger partial charge in [0.25, 0.3) is 0 Å². The van der Waals surface area contributed by atoms with Crippen LogP contribution in [-0.2, 0) is 18.3 Å². The molecule has 22 heavy (non-hydrogen) atoms. The number of nitrogens with one attached hydrogen (secondary N) is 1. The van der Waals surface area contributed by atoms with Crippen LogP contribution in [0.4, 0.5) is 0 Å². The number of carbonyl (C=O) groups is 1. The number of hydrogen-bond acceptors (Lipinski definition) is 3. The standard InChI is InChI=1S/C17H30N4O/c1-17(2,14-21-12-6-4-5-7-13-21)19-16(22)9-8-15-10-11-18-20(15)3/h10-11H,4-9,12-14H2,1-3H3,(H,19,22). The summed E-state index contributed by atoms with van der Waals surface area (Å²) in [5.74, 6) is 0.126. The van der Waals surface area contributed by atoms with Gasteiger partial charge in [0.05, 0.1) is 0 Å². The molecule has 1 aromatic heterocycles. The normalized spacial score (nSPS) is 17.2. The average Bonchev–Trinajstić information content (AvgIpc) is 2.68. The van der Waals surface area contributed by atoms with Crippen LogP contribution < -0.4 is 5.32 Å². The molecule has 2 rings (SSSR count). The number of amides is 1. The molecular formula is C17H30N4O. The summed E-state index contributed by atoms with van der Waals surface area (Å²) in [7, 11) is 1.91. The summed E-state index contributed by atoms with van der Waals surface area (Å²) >= 11 is 0. The van der Waals surface area contributed by atoms with Crippen molar-refractivity contribution in [2.75, 3.05) is 19.6 Å². The number of likely N-dealkylation sites (tertiary alicyclic amines) is 1. The fourth-order valence-corrected chi connectivity index (χ4v) is 3.22. The van der Waals surface area contributed by atoms with Crippen LogP contribution in [0.5, 0.6) is 0 Å². The molecule has 1 amide bonds. The summed E-state index contributed by atoms with van der Waals surface area (Å²) in [6.07, 6.45) is 8.28.